The van der Waals surface area contributed by atoms with Crippen molar-refractivity contribution >= 4 is 29.2 Å². The van der Waals surface area contributed by atoms with Gasteiger partial charge in [-0.15, -0.1) is 0 Å². The van der Waals surface area contributed by atoms with E-state index >= 15 is 0 Å². The molecular formula is C23H19F3N8O2. The lowest BCUT2D eigenvalue weighted by Gasteiger charge is -2.36. The Morgan fingerprint density at radius 3 is 2.53 bits per heavy atom. The minimum atomic E-state index is -4.49. The molecule has 36 heavy (non-hydrogen) atoms. The minimum absolute atomic E-state index is 0.0137. The van der Waals surface area contributed by atoms with E-state index in [0.717, 1.165) is 0 Å². The number of methoxy groups -OCH3 is 1. The van der Waals surface area contributed by atoms with Crippen LogP contribution < -0.4 is 19.9 Å². The number of anilines is 4. The fourth-order valence-corrected chi connectivity index (χ4v) is 3.66. The van der Waals surface area contributed by atoms with E-state index in [1.54, 1.807) is 24.3 Å². The summed E-state index contributed by atoms with van der Waals surface area (Å²) in [5.74, 6) is 0.425. The van der Waals surface area contributed by atoms with Gasteiger partial charge in [0.1, 0.15) is 18.6 Å². The fourth-order valence-electron chi connectivity index (χ4n) is 3.66. The molecule has 0 bridgehead atoms. The highest BCUT2D eigenvalue weighted by Crippen LogP contribution is 2.37. The van der Waals surface area contributed by atoms with Gasteiger partial charge >= 0.3 is 12.2 Å². The molecule has 184 valence electrons. The molecule has 0 atom stereocenters. The maximum atomic E-state index is 13.8. The van der Waals surface area contributed by atoms with Crippen molar-refractivity contribution in [1.82, 2.24) is 25.1 Å². The lowest BCUT2D eigenvalue weighted by atomic mass is 10.1. The summed E-state index contributed by atoms with van der Waals surface area (Å²) in [7, 11) is -2.63. The van der Waals surface area contributed by atoms with E-state index in [1.807, 2.05) is 0 Å². The van der Waals surface area contributed by atoms with Gasteiger partial charge in [0, 0.05) is 23.0 Å². The number of H-pyrrole nitrogens is 1. The molecule has 0 saturated heterocycles. The Hall–Kier alpha value is -4.68. The number of carbonyl (C=O) groups excluding carboxylic acids is 1. The normalized spacial score (nSPS) is 15.1. The molecule has 10 nitrogen and oxygen atoms in total. The number of amides is 2. The van der Waals surface area contributed by atoms with Gasteiger partial charge in [-0.05, 0) is 48.5 Å². The van der Waals surface area contributed by atoms with E-state index in [1.165, 1.54) is 46.6 Å². The highest BCUT2D eigenvalue weighted by atomic mass is 19.4. The first-order chi connectivity index (χ1) is 18.5. The Bertz CT molecular complexity index is 1460. The number of alkyl halides is 3. The van der Waals surface area contributed by atoms with Crippen molar-refractivity contribution in [3.05, 3.63) is 66.6 Å². The molecule has 0 radical (unpaired) electrons. The van der Waals surface area contributed by atoms with Gasteiger partial charge in [0.2, 0.25) is 5.95 Å². The van der Waals surface area contributed by atoms with Crippen molar-refractivity contribution in [2.24, 2.45) is 0 Å². The number of aromatic amines is 1. The monoisotopic (exact) mass is 499 g/mol. The van der Waals surface area contributed by atoms with E-state index < -0.39 is 25.8 Å². The number of rotatable bonds is 6. The van der Waals surface area contributed by atoms with Crippen molar-refractivity contribution < 1.29 is 26.8 Å². The third kappa shape index (κ3) is 4.62. The standard InChI is InChI=1S/C23H19F3N8O2/c1-36-18-8-6-16(7-9-18)33-11-15-10-27-21(28-12-23(24,25)26)31-20(15)34(22(33)35)17-4-2-14(3-5-17)19-29-13-30-32-19/h2-10,13H,11-12H2,1H3,(H,27,28,31)(H,29,30,32)/i1D3. The van der Waals surface area contributed by atoms with E-state index in [2.05, 4.69) is 30.5 Å². The van der Waals surface area contributed by atoms with Crippen molar-refractivity contribution in [2.75, 3.05) is 28.7 Å². The molecule has 0 spiro atoms. The van der Waals surface area contributed by atoms with Gasteiger partial charge in [0.05, 0.1) is 23.4 Å². The van der Waals surface area contributed by atoms with Gasteiger partial charge in [0.15, 0.2) is 11.6 Å². The second-order valence-electron chi connectivity index (χ2n) is 7.69. The van der Waals surface area contributed by atoms with Crippen LogP contribution in [0.15, 0.2) is 61.1 Å². The molecule has 0 saturated carbocycles. The number of hydrogen-bond donors (Lipinski definition) is 2. The zero-order valence-electron chi connectivity index (χ0n) is 21.3. The molecule has 0 unspecified atom stereocenters. The second kappa shape index (κ2) is 9.17. The summed E-state index contributed by atoms with van der Waals surface area (Å²) in [6.07, 6.45) is -1.79. The molecule has 13 heteroatoms. The molecule has 2 N–H and O–H groups in total. The predicted octanol–water partition coefficient (Wildman–Crippen LogP) is 4.52. The molecule has 1 aliphatic rings. The van der Waals surface area contributed by atoms with E-state index in [0.29, 0.717) is 28.3 Å². The van der Waals surface area contributed by atoms with Crippen molar-refractivity contribution in [3.63, 3.8) is 0 Å². The van der Waals surface area contributed by atoms with Gasteiger partial charge in [-0.2, -0.15) is 23.3 Å². The largest absolute Gasteiger partial charge is 0.497 e. The van der Waals surface area contributed by atoms with Crippen molar-refractivity contribution in [3.8, 4) is 17.1 Å². The van der Waals surface area contributed by atoms with Crippen LogP contribution in [0.3, 0.4) is 0 Å². The van der Waals surface area contributed by atoms with Crippen LogP contribution in [0.25, 0.3) is 11.4 Å². The summed E-state index contributed by atoms with van der Waals surface area (Å²) < 4.78 is 64.9. The van der Waals surface area contributed by atoms with Crippen molar-refractivity contribution in [2.45, 2.75) is 12.7 Å². The molecule has 5 rings (SSSR count). The number of nitrogens with one attached hydrogen (secondary N) is 2. The highest BCUT2D eigenvalue weighted by molar-refractivity contribution is 6.10. The van der Waals surface area contributed by atoms with Crippen LogP contribution in [0.5, 0.6) is 5.75 Å². The summed E-state index contributed by atoms with van der Waals surface area (Å²) in [6, 6.07) is 12.0. The smallest absolute Gasteiger partial charge is 0.405 e. The van der Waals surface area contributed by atoms with Crippen LogP contribution >= 0.6 is 0 Å². The molecule has 0 fully saturated rings. The first-order valence-corrected chi connectivity index (χ1v) is 10.5. The van der Waals surface area contributed by atoms with Gasteiger partial charge < -0.3 is 10.1 Å². The van der Waals surface area contributed by atoms with Gasteiger partial charge in [-0.1, -0.05) is 0 Å². The zero-order chi connectivity index (χ0) is 27.8. The highest BCUT2D eigenvalue weighted by Gasteiger charge is 2.35. The summed E-state index contributed by atoms with van der Waals surface area (Å²) in [5, 5.41) is 8.70. The molecule has 3 heterocycles. The quantitative estimate of drug-likeness (QED) is 0.401. The zero-order valence-corrected chi connectivity index (χ0v) is 18.3. The molecule has 2 aromatic heterocycles. The third-order valence-electron chi connectivity index (χ3n) is 5.33. The number of aromatic nitrogens is 5. The Balaban J connectivity index is 1.51. The summed E-state index contributed by atoms with van der Waals surface area (Å²) >= 11 is 0. The van der Waals surface area contributed by atoms with Crippen LogP contribution in [0.1, 0.15) is 9.68 Å². The second-order valence-corrected chi connectivity index (χ2v) is 7.69. The molecule has 2 aromatic carbocycles. The Labute approximate surface area is 207 Å². The number of carbonyl (C=O) groups is 1. The first kappa shape index (κ1) is 19.6. The SMILES string of the molecule is [2H]C([2H])([2H])Oc1ccc(N2Cc3cnc(NCC(F)(F)F)nc3N(c3ccc(-c4ncn[nH]4)cc3)C2=O)cc1. The summed E-state index contributed by atoms with van der Waals surface area (Å²) in [4.78, 5) is 28.8. The Morgan fingerprint density at radius 2 is 1.86 bits per heavy atom. The van der Waals surface area contributed by atoms with E-state index in [4.69, 9.17) is 8.85 Å². The van der Waals surface area contributed by atoms with Crippen LogP contribution in [-0.2, 0) is 6.54 Å². The first-order valence-electron chi connectivity index (χ1n) is 12.0. The molecule has 0 aliphatic carbocycles. The molecule has 2 amide bonds. The van der Waals surface area contributed by atoms with Gasteiger partial charge in [-0.3, -0.25) is 10.00 Å². The number of urea groups is 1. The maximum Gasteiger partial charge on any atom is 0.405 e. The van der Waals surface area contributed by atoms with Crippen molar-refractivity contribution in [1.29, 1.82) is 0 Å². The topological polar surface area (TPSA) is 112 Å². The van der Waals surface area contributed by atoms with Gasteiger partial charge in [-0.25, -0.2) is 19.7 Å². The number of halogens is 3. The Morgan fingerprint density at radius 1 is 1.11 bits per heavy atom. The predicted molar refractivity (Wildman–Crippen MR) is 125 cm³/mol. The third-order valence-corrected chi connectivity index (χ3v) is 5.33. The number of fused-ring (bicyclic) bond motifs is 1. The molecular weight excluding hydrogens is 477 g/mol. The lowest BCUT2D eigenvalue weighted by Crippen LogP contribution is -2.45. The van der Waals surface area contributed by atoms with Crippen LogP contribution in [0, 0.1) is 0 Å². The van der Waals surface area contributed by atoms with Gasteiger partial charge in [0.25, 0.3) is 0 Å². The molecule has 4 aromatic rings. The van der Waals surface area contributed by atoms with E-state index in [-0.39, 0.29) is 24.1 Å². The van der Waals surface area contributed by atoms with Crippen LogP contribution in [0.2, 0.25) is 0 Å². The average Bonchev–Trinajstić information content (AvgIpc) is 3.42. The lowest BCUT2D eigenvalue weighted by molar-refractivity contribution is -0.115. The summed E-state index contributed by atoms with van der Waals surface area (Å²) in [6.45, 7) is -1.33. The molecule has 1 aliphatic heterocycles. The Kier molecular flexibility index (Phi) is 4.99. The maximum absolute atomic E-state index is 13.8. The number of ether oxygens (including phenoxy) is 1. The fraction of sp³-hybridized carbons (Fsp3) is 0.174. The average molecular weight is 499 g/mol. The van der Waals surface area contributed by atoms with Crippen LogP contribution in [-0.4, -0.2) is 50.9 Å². The minimum Gasteiger partial charge on any atom is -0.497 e. The number of benzene rings is 2. The van der Waals surface area contributed by atoms with E-state index in [9.17, 15) is 18.0 Å². The number of hydrogen-bond acceptors (Lipinski definition) is 7. The number of nitrogens with zero attached hydrogens (tertiary/aromatic N) is 6. The summed E-state index contributed by atoms with van der Waals surface area (Å²) in [5.41, 5.74) is 1.97. The van der Waals surface area contributed by atoms with Crippen LogP contribution in [0.4, 0.5) is 41.1 Å².